The topological polar surface area (TPSA) is 40.5 Å². The maximum atomic E-state index is 9.01. The Morgan fingerprint density at radius 3 is 2.55 bits per heavy atom. The molecule has 0 aliphatic heterocycles. The van der Waals surface area contributed by atoms with E-state index in [1.54, 1.807) is 6.07 Å². The fourth-order valence-corrected chi connectivity index (χ4v) is 0.929. The summed E-state index contributed by atoms with van der Waals surface area (Å²) in [5, 5.41) is 20.5. The van der Waals surface area contributed by atoms with Crippen LogP contribution in [0.15, 0.2) is 18.2 Å². The molecule has 0 bridgehead atoms. The molecule has 0 saturated heterocycles. The summed E-state index contributed by atoms with van der Waals surface area (Å²) >= 11 is 4.52. The summed E-state index contributed by atoms with van der Waals surface area (Å²) in [6, 6.07) is 4.58. The highest BCUT2D eigenvalue weighted by atomic mass is 32.1. The van der Waals surface area contributed by atoms with Gasteiger partial charge in [0.1, 0.15) is 0 Å². The van der Waals surface area contributed by atoms with Gasteiger partial charge in [-0.05, 0) is 17.7 Å². The lowest BCUT2D eigenvalue weighted by Gasteiger charge is -1.98. The second kappa shape index (κ2) is 3.34. The number of benzene rings is 1. The summed E-state index contributed by atoms with van der Waals surface area (Å²) in [5.74, 6) is -0.231. The number of phenols is 2. The second-order valence-corrected chi connectivity index (χ2v) is 2.43. The number of thiocarbonyl (C=S) groups is 1. The van der Waals surface area contributed by atoms with Gasteiger partial charge in [0, 0.05) is 11.8 Å². The third-order valence-electron chi connectivity index (χ3n) is 1.32. The quantitative estimate of drug-likeness (QED) is 0.518. The van der Waals surface area contributed by atoms with Crippen LogP contribution in [0.3, 0.4) is 0 Å². The molecule has 0 fully saturated rings. The lowest BCUT2D eigenvalue weighted by molar-refractivity contribution is 0.403. The van der Waals surface area contributed by atoms with E-state index in [-0.39, 0.29) is 11.5 Å². The third-order valence-corrected chi connectivity index (χ3v) is 1.46. The van der Waals surface area contributed by atoms with Crippen LogP contribution in [-0.2, 0) is 6.42 Å². The summed E-state index contributed by atoms with van der Waals surface area (Å²) in [6.07, 6.45) is 0.503. The third kappa shape index (κ3) is 1.91. The van der Waals surface area contributed by atoms with Crippen LogP contribution in [0.4, 0.5) is 0 Å². The fraction of sp³-hybridized carbons (Fsp3) is 0.125. The number of rotatable bonds is 2. The molecule has 1 radical (unpaired) electrons. The fourth-order valence-electron chi connectivity index (χ4n) is 0.762. The second-order valence-electron chi connectivity index (χ2n) is 2.14. The molecule has 2 N–H and O–H groups in total. The molecule has 0 saturated carbocycles. The van der Waals surface area contributed by atoms with Crippen molar-refractivity contribution in [3.63, 3.8) is 0 Å². The van der Waals surface area contributed by atoms with Gasteiger partial charge in [0.25, 0.3) is 0 Å². The molecule has 0 atom stereocenters. The predicted octanol–water partition coefficient (Wildman–Crippen LogP) is 1.52. The molecule has 1 aromatic carbocycles. The Labute approximate surface area is 70.1 Å². The van der Waals surface area contributed by atoms with Crippen molar-refractivity contribution in [2.24, 2.45) is 0 Å². The summed E-state index contributed by atoms with van der Waals surface area (Å²) in [4.78, 5) is 0. The van der Waals surface area contributed by atoms with Crippen LogP contribution in [0.1, 0.15) is 5.56 Å². The normalized spacial score (nSPS) is 9.45. The first-order chi connectivity index (χ1) is 5.24. The van der Waals surface area contributed by atoms with Gasteiger partial charge in [-0.3, -0.25) is 0 Å². The molecule has 0 heterocycles. The van der Waals surface area contributed by atoms with E-state index in [4.69, 9.17) is 10.2 Å². The average molecular weight is 167 g/mol. The minimum absolute atomic E-state index is 0.113. The summed E-state index contributed by atoms with van der Waals surface area (Å²) in [7, 11) is 0. The van der Waals surface area contributed by atoms with E-state index in [1.807, 2.05) is 0 Å². The van der Waals surface area contributed by atoms with Gasteiger partial charge >= 0.3 is 0 Å². The minimum atomic E-state index is -0.118. The Balaban J connectivity index is 2.95. The van der Waals surface area contributed by atoms with E-state index in [2.05, 4.69) is 17.6 Å². The van der Waals surface area contributed by atoms with Crippen molar-refractivity contribution in [3.8, 4) is 11.5 Å². The summed E-state index contributed by atoms with van der Waals surface area (Å²) in [5.41, 5.74) is 0.843. The molecule has 1 rings (SSSR count). The first-order valence-electron chi connectivity index (χ1n) is 3.10. The number of hydrogen-bond donors (Lipinski definition) is 2. The Kier molecular flexibility index (Phi) is 2.44. The number of hydrogen-bond acceptors (Lipinski definition) is 3. The molecule has 11 heavy (non-hydrogen) atoms. The lowest BCUT2D eigenvalue weighted by atomic mass is 10.1. The molecule has 0 aliphatic carbocycles. The van der Waals surface area contributed by atoms with Crippen molar-refractivity contribution in [3.05, 3.63) is 23.8 Å². The predicted molar refractivity (Wildman–Crippen MR) is 46.1 cm³/mol. The maximum absolute atomic E-state index is 9.01. The Bertz CT molecular complexity index is 271. The Hall–Kier alpha value is -1.09. The van der Waals surface area contributed by atoms with Crippen molar-refractivity contribution < 1.29 is 10.2 Å². The maximum Gasteiger partial charge on any atom is 0.157 e. The standard InChI is InChI=1S/C8H7O2S/c9-7-2-1-6(3-4-11)5-8(7)10/h1-2,5,9-10H,3H2. The van der Waals surface area contributed by atoms with Crippen LogP contribution in [-0.4, -0.2) is 15.6 Å². The van der Waals surface area contributed by atoms with Crippen molar-refractivity contribution in [2.75, 3.05) is 0 Å². The van der Waals surface area contributed by atoms with Gasteiger partial charge in [-0.25, -0.2) is 0 Å². The van der Waals surface area contributed by atoms with Crippen LogP contribution in [0, 0.1) is 0 Å². The van der Waals surface area contributed by atoms with Gasteiger partial charge in [-0.2, -0.15) is 0 Å². The first-order valence-corrected chi connectivity index (χ1v) is 3.50. The van der Waals surface area contributed by atoms with Crippen molar-refractivity contribution >= 4 is 17.6 Å². The SMILES string of the molecule is Oc1ccc(C[C]=S)cc1O. The van der Waals surface area contributed by atoms with Crippen LogP contribution < -0.4 is 0 Å². The first kappa shape index (κ1) is 8.01. The van der Waals surface area contributed by atoms with Gasteiger partial charge in [0.2, 0.25) is 0 Å². The van der Waals surface area contributed by atoms with E-state index in [0.717, 1.165) is 5.56 Å². The van der Waals surface area contributed by atoms with E-state index in [0.29, 0.717) is 6.42 Å². The van der Waals surface area contributed by atoms with Gasteiger partial charge in [0.15, 0.2) is 11.5 Å². The lowest BCUT2D eigenvalue weighted by Crippen LogP contribution is -1.82. The van der Waals surface area contributed by atoms with Crippen molar-refractivity contribution in [1.29, 1.82) is 0 Å². The van der Waals surface area contributed by atoms with E-state index >= 15 is 0 Å². The zero-order valence-electron chi connectivity index (χ0n) is 5.74. The van der Waals surface area contributed by atoms with Crippen LogP contribution in [0.2, 0.25) is 0 Å². The molecule has 0 aromatic heterocycles. The monoisotopic (exact) mass is 167 g/mol. The molecule has 3 heteroatoms. The highest BCUT2D eigenvalue weighted by Crippen LogP contribution is 2.24. The van der Waals surface area contributed by atoms with Crippen LogP contribution >= 0.6 is 12.2 Å². The molecular formula is C8H7O2S. The molecule has 0 amide bonds. The van der Waals surface area contributed by atoms with Crippen LogP contribution in [0.25, 0.3) is 0 Å². The Morgan fingerprint density at radius 2 is 2.00 bits per heavy atom. The molecule has 57 valence electrons. The van der Waals surface area contributed by atoms with Crippen LogP contribution in [0.5, 0.6) is 11.5 Å². The van der Waals surface area contributed by atoms with Gasteiger partial charge in [0.05, 0.1) is 0 Å². The van der Waals surface area contributed by atoms with Gasteiger partial charge in [-0.1, -0.05) is 18.3 Å². The largest absolute Gasteiger partial charge is 0.504 e. The van der Waals surface area contributed by atoms with E-state index in [9.17, 15) is 0 Å². The highest BCUT2D eigenvalue weighted by molar-refractivity contribution is 7.78. The molecule has 0 aliphatic rings. The van der Waals surface area contributed by atoms with E-state index < -0.39 is 0 Å². The average Bonchev–Trinajstić information content (AvgIpc) is 1.98. The van der Waals surface area contributed by atoms with E-state index in [1.165, 1.54) is 12.1 Å². The molecule has 2 nitrogen and oxygen atoms in total. The number of phenolic OH excluding ortho intramolecular Hbond substituents is 2. The summed E-state index contributed by atoms with van der Waals surface area (Å²) < 4.78 is 0. The minimum Gasteiger partial charge on any atom is -0.504 e. The van der Waals surface area contributed by atoms with Gasteiger partial charge < -0.3 is 10.2 Å². The molecular weight excluding hydrogens is 160 g/mol. The molecule has 0 unspecified atom stereocenters. The van der Waals surface area contributed by atoms with Crippen molar-refractivity contribution in [2.45, 2.75) is 6.42 Å². The number of aromatic hydroxyl groups is 2. The smallest absolute Gasteiger partial charge is 0.157 e. The molecule has 0 spiro atoms. The van der Waals surface area contributed by atoms with Gasteiger partial charge in [-0.15, -0.1) is 0 Å². The highest BCUT2D eigenvalue weighted by Gasteiger charge is 1.98. The Morgan fingerprint density at radius 1 is 1.27 bits per heavy atom. The zero-order chi connectivity index (χ0) is 8.27. The van der Waals surface area contributed by atoms with Crippen molar-refractivity contribution in [1.82, 2.24) is 0 Å². The zero-order valence-corrected chi connectivity index (χ0v) is 6.56. The summed E-state index contributed by atoms with van der Waals surface area (Å²) in [6.45, 7) is 0. The molecule has 1 aromatic rings.